The number of nitrogens with one attached hydrogen (secondary N) is 4. The lowest BCUT2D eigenvalue weighted by atomic mass is 10.1. The number of rotatable bonds is 13. The maximum atomic E-state index is 13.3. The van der Waals surface area contributed by atoms with Crippen LogP contribution in [0.5, 0.6) is 11.5 Å². The number of carboxylic acid groups (broad SMARTS) is 1. The van der Waals surface area contributed by atoms with E-state index in [0.29, 0.717) is 16.7 Å². The highest BCUT2D eigenvalue weighted by atomic mass is 16.5. The average molecular weight is 793 g/mol. The summed E-state index contributed by atoms with van der Waals surface area (Å²) in [5, 5.41) is 39.5. The molecule has 0 saturated heterocycles. The number of carbonyl (C=O) groups is 6. The zero-order chi connectivity index (χ0) is 42.6. The average Bonchev–Trinajstić information content (AvgIpc) is 3.21. The second kappa shape index (κ2) is 18.9. The smallest absolute Gasteiger partial charge is 0.335 e. The molecule has 15 heteroatoms. The second-order valence-corrected chi connectivity index (χ2v) is 13.1. The summed E-state index contributed by atoms with van der Waals surface area (Å²) in [5.74, 6) is 0.534. The van der Waals surface area contributed by atoms with E-state index in [0.717, 1.165) is 0 Å². The van der Waals surface area contributed by atoms with Crippen LogP contribution >= 0.6 is 0 Å². The van der Waals surface area contributed by atoms with Gasteiger partial charge in [-0.1, -0.05) is 11.8 Å². The van der Waals surface area contributed by atoms with Crippen LogP contribution < -0.4 is 31.7 Å². The number of phenolic OH excluding ortho intramolecular Hbond substituents is 1. The standard InChI is InChI=1S/C44H36N6O9/c1-25(2)59-39-35(22-21-34(38(39)52)42(55)47-32-19-15-31(16-20-32)44(57)58)49-40(53)30-13-17-33(18-14-30)48-43(56)36(23-37(46)51)50-41(54)29-11-9-27(10-12-29)4-3-26-5-7-28(24-45)8-6-26/h5-22,25,36,52H,23H2,1-2H3,(H2,46,51)(H,47,55)(H,48,56)(H,49,53)(H,50,54)(H,57,58)/t36-/m0/s1. The Hall–Kier alpha value is -8.43. The van der Waals surface area contributed by atoms with Gasteiger partial charge in [-0.3, -0.25) is 24.0 Å². The van der Waals surface area contributed by atoms with E-state index in [2.05, 4.69) is 33.1 Å². The van der Waals surface area contributed by atoms with Crippen LogP contribution in [0.3, 0.4) is 0 Å². The third kappa shape index (κ3) is 11.3. The molecular weight excluding hydrogens is 757 g/mol. The summed E-state index contributed by atoms with van der Waals surface area (Å²) in [4.78, 5) is 75.6. The second-order valence-electron chi connectivity index (χ2n) is 13.1. The van der Waals surface area contributed by atoms with Crippen LogP contribution in [0.1, 0.15) is 78.4 Å². The predicted molar refractivity (Wildman–Crippen MR) is 217 cm³/mol. The van der Waals surface area contributed by atoms with E-state index in [-0.39, 0.29) is 45.1 Å². The highest BCUT2D eigenvalue weighted by Crippen LogP contribution is 2.39. The number of amides is 5. The Morgan fingerprint density at radius 2 is 1.17 bits per heavy atom. The molecule has 5 amide bonds. The molecule has 0 saturated carbocycles. The molecule has 0 aromatic heterocycles. The van der Waals surface area contributed by atoms with Gasteiger partial charge in [-0.05, 0) is 123 Å². The number of primary amides is 1. The minimum Gasteiger partial charge on any atom is -0.504 e. The van der Waals surface area contributed by atoms with Crippen LogP contribution in [0.15, 0.2) is 109 Å². The number of hydrogen-bond donors (Lipinski definition) is 7. The maximum absolute atomic E-state index is 13.3. The number of anilines is 3. The summed E-state index contributed by atoms with van der Waals surface area (Å²) in [6.07, 6.45) is -0.975. The van der Waals surface area contributed by atoms with Gasteiger partial charge in [0.15, 0.2) is 11.5 Å². The number of ether oxygens (including phenoxy) is 1. The summed E-state index contributed by atoms with van der Waals surface area (Å²) in [6, 6.07) is 27.4. The Kier molecular flexibility index (Phi) is 13.4. The summed E-state index contributed by atoms with van der Waals surface area (Å²) in [7, 11) is 0. The van der Waals surface area contributed by atoms with E-state index in [1.54, 1.807) is 50.2 Å². The fraction of sp³-hybridized carbons (Fsp3) is 0.114. The minimum absolute atomic E-state index is 0.0255. The van der Waals surface area contributed by atoms with Crippen molar-refractivity contribution >= 4 is 52.6 Å². The minimum atomic E-state index is -1.34. The highest BCUT2D eigenvalue weighted by Gasteiger charge is 2.25. The van der Waals surface area contributed by atoms with Crippen molar-refractivity contribution in [3.05, 3.63) is 148 Å². The molecule has 5 rings (SSSR count). The number of benzene rings is 5. The predicted octanol–water partition coefficient (Wildman–Crippen LogP) is 5.27. The van der Waals surface area contributed by atoms with Crippen molar-refractivity contribution in [2.75, 3.05) is 16.0 Å². The lowest BCUT2D eigenvalue weighted by molar-refractivity contribution is -0.123. The van der Waals surface area contributed by atoms with Crippen molar-refractivity contribution in [3.8, 4) is 29.4 Å². The molecule has 0 spiro atoms. The number of hydrogen-bond acceptors (Lipinski definition) is 9. The van der Waals surface area contributed by atoms with Gasteiger partial charge in [-0.2, -0.15) is 5.26 Å². The number of aromatic carboxylic acids is 1. The van der Waals surface area contributed by atoms with Crippen molar-refractivity contribution in [3.63, 3.8) is 0 Å². The first-order valence-electron chi connectivity index (χ1n) is 17.8. The molecule has 0 aliphatic rings. The summed E-state index contributed by atoms with van der Waals surface area (Å²) < 4.78 is 5.77. The first-order valence-corrected chi connectivity index (χ1v) is 17.8. The zero-order valence-corrected chi connectivity index (χ0v) is 31.5. The Morgan fingerprint density at radius 1 is 0.661 bits per heavy atom. The fourth-order valence-electron chi connectivity index (χ4n) is 5.36. The van der Waals surface area contributed by atoms with Gasteiger partial charge in [-0.25, -0.2) is 4.79 Å². The molecule has 8 N–H and O–H groups in total. The van der Waals surface area contributed by atoms with Crippen molar-refractivity contribution in [1.29, 1.82) is 5.26 Å². The van der Waals surface area contributed by atoms with E-state index in [9.17, 15) is 33.9 Å². The van der Waals surface area contributed by atoms with Crippen LogP contribution in [0, 0.1) is 23.2 Å². The van der Waals surface area contributed by atoms with Crippen LogP contribution in [0.4, 0.5) is 17.1 Å². The lowest BCUT2D eigenvalue weighted by Crippen LogP contribution is -2.46. The van der Waals surface area contributed by atoms with Gasteiger partial charge >= 0.3 is 5.97 Å². The molecule has 0 aliphatic carbocycles. The highest BCUT2D eigenvalue weighted by molar-refractivity contribution is 6.10. The maximum Gasteiger partial charge on any atom is 0.335 e. The van der Waals surface area contributed by atoms with Crippen LogP contribution in [0.25, 0.3) is 0 Å². The van der Waals surface area contributed by atoms with E-state index >= 15 is 0 Å². The lowest BCUT2D eigenvalue weighted by Gasteiger charge is -2.19. The molecule has 0 bridgehead atoms. The number of carbonyl (C=O) groups excluding carboxylic acids is 5. The zero-order valence-electron chi connectivity index (χ0n) is 31.5. The number of nitrogens with zero attached hydrogens (tertiary/aromatic N) is 1. The third-order valence-electron chi connectivity index (χ3n) is 8.32. The number of nitrogens with two attached hydrogens (primary N) is 1. The Balaban J connectivity index is 1.22. The van der Waals surface area contributed by atoms with Gasteiger partial charge in [-0.15, -0.1) is 0 Å². The first-order chi connectivity index (χ1) is 28.2. The number of nitriles is 1. The van der Waals surface area contributed by atoms with E-state index in [4.69, 9.17) is 20.8 Å². The third-order valence-corrected chi connectivity index (χ3v) is 8.32. The largest absolute Gasteiger partial charge is 0.504 e. The number of carboxylic acids is 1. The van der Waals surface area contributed by atoms with Gasteiger partial charge < -0.3 is 42.0 Å². The molecule has 296 valence electrons. The van der Waals surface area contributed by atoms with E-state index in [1.807, 2.05) is 6.07 Å². The topological polar surface area (TPSA) is 250 Å². The molecular formula is C44H36N6O9. The quantitative estimate of drug-likeness (QED) is 0.0761. The molecule has 0 heterocycles. The van der Waals surface area contributed by atoms with Gasteiger partial charge in [0, 0.05) is 33.6 Å². The van der Waals surface area contributed by atoms with E-state index in [1.165, 1.54) is 72.8 Å². The van der Waals surface area contributed by atoms with Crippen molar-refractivity contribution in [2.45, 2.75) is 32.4 Å². The van der Waals surface area contributed by atoms with Crippen LogP contribution in [-0.2, 0) is 9.59 Å². The fourth-order valence-corrected chi connectivity index (χ4v) is 5.36. The Morgan fingerprint density at radius 3 is 1.71 bits per heavy atom. The van der Waals surface area contributed by atoms with E-state index < -0.39 is 59.8 Å². The summed E-state index contributed by atoms with van der Waals surface area (Å²) in [6.45, 7) is 3.37. The molecule has 1 atom stereocenters. The molecule has 0 unspecified atom stereocenters. The number of phenols is 1. The molecule has 5 aromatic carbocycles. The first kappa shape index (κ1) is 41.7. The van der Waals surface area contributed by atoms with Gasteiger partial charge in [0.05, 0.1) is 41.0 Å². The number of aromatic hydroxyl groups is 1. The normalized spacial score (nSPS) is 10.8. The van der Waals surface area contributed by atoms with Gasteiger partial charge in [0.2, 0.25) is 11.8 Å². The summed E-state index contributed by atoms with van der Waals surface area (Å²) >= 11 is 0. The van der Waals surface area contributed by atoms with Crippen LogP contribution in [-0.4, -0.2) is 57.9 Å². The molecule has 5 aromatic rings. The van der Waals surface area contributed by atoms with Gasteiger partial charge in [0.25, 0.3) is 17.7 Å². The molecule has 15 nitrogen and oxygen atoms in total. The summed E-state index contributed by atoms with van der Waals surface area (Å²) in [5.41, 5.74) is 7.96. The molecule has 59 heavy (non-hydrogen) atoms. The Labute approximate surface area is 337 Å². The molecule has 0 aliphatic heterocycles. The van der Waals surface area contributed by atoms with Crippen molar-refractivity contribution < 1.29 is 43.7 Å². The van der Waals surface area contributed by atoms with Crippen molar-refractivity contribution in [2.24, 2.45) is 5.73 Å². The van der Waals surface area contributed by atoms with Crippen LogP contribution in [0.2, 0.25) is 0 Å². The monoisotopic (exact) mass is 792 g/mol. The Bertz CT molecular complexity index is 2520. The molecule has 0 fully saturated rings. The van der Waals surface area contributed by atoms with Crippen molar-refractivity contribution in [1.82, 2.24) is 5.32 Å². The molecule has 0 radical (unpaired) electrons. The SMILES string of the molecule is CC(C)Oc1c(NC(=O)c2ccc(NC(=O)[C@H](CC(N)=O)NC(=O)c3ccc(C#Cc4ccc(C#N)cc4)cc3)cc2)ccc(C(=O)Nc2ccc(C(=O)O)cc2)c1O. The van der Waals surface area contributed by atoms with Gasteiger partial charge in [0.1, 0.15) is 6.04 Å².